The zero-order chi connectivity index (χ0) is 12.7. The fourth-order valence-electron chi connectivity index (χ4n) is 3.11. The van der Waals surface area contributed by atoms with Crippen molar-refractivity contribution >= 4 is 5.95 Å². The van der Waals surface area contributed by atoms with Gasteiger partial charge in [0.25, 0.3) is 0 Å². The Bertz CT molecular complexity index is 532. The lowest BCUT2D eigenvalue weighted by molar-refractivity contribution is 0.340. The Balaban J connectivity index is 1.54. The summed E-state index contributed by atoms with van der Waals surface area (Å²) in [4.78, 5) is 6.84. The molecule has 2 aliphatic rings. The van der Waals surface area contributed by atoms with Gasteiger partial charge in [-0.25, -0.2) is 0 Å². The Labute approximate surface area is 110 Å². The number of hydrogen-bond acceptors (Lipinski definition) is 5. The summed E-state index contributed by atoms with van der Waals surface area (Å²) < 4.78 is 0. The van der Waals surface area contributed by atoms with Gasteiger partial charge in [-0.1, -0.05) is 0 Å². The van der Waals surface area contributed by atoms with Crippen molar-refractivity contribution in [3.8, 4) is 11.4 Å². The minimum Gasteiger partial charge on any atom is -0.338 e. The van der Waals surface area contributed by atoms with E-state index in [2.05, 4.69) is 35.6 Å². The van der Waals surface area contributed by atoms with E-state index in [1.807, 2.05) is 6.20 Å². The highest BCUT2D eigenvalue weighted by Crippen LogP contribution is 2.27. The number of hydrogen-bond donors (Lipinski definition) is 3. The molecule has 2 aliphatic heterocycles. The van der Waals surface area contributed by atoms with Gasteiger partial charge in [-0.15, -0.1) is 5.10 Å². The summed E-state index contributed by atoms with van der Waals surface area (Å²) in [5.74, 6) is 2.31. The topological polar surface area (TPSA) is 85.5 Å². The number of rotatable bonds is 2. The molecule has 0 aliphatic carbocycles. The van der Waals surface area contributed by atoms with E-state index >= 15 is 0 Å². The maximum Gasteiger partial charge on any atom is 0.245 e. The first-order valence-corrected chi connectivity index (χ1v) is 6.80. The molecular formula is C12H17N7. The standard InChI is InChI=1S/C12H17N7/c1-2-8-6-19(7-10(8)13-3-1)12-16-11(17-18-12)9-4-14-15-5-9/h4-5,8,10,13H,1-3,6-7H2,(H,14,15)(H,16,17,18). The molecule has 2 saturated heterocycles. The van der Waals surface area contributed by atoms with Crippen molar-refractivity contribution in [2.45, 2.75) is 18.9 Å². The molecule has 0 spiro atoms. The third-order valence-electron chi connectivity index (χ3n) is 4.13. The first kappa shape index (κ1) is 11.0. The van der Waals surface area contributed by atoms with E-state index in [4.69, 9.17) is 0 Å². The first-order chi connectivity index (χ1) is 9.40. The molecule has 0 saturated carbocycles. The minimum absolute atomic E-state index is 0.602. The van der Waals surface area contributed by atoms with E-state index in [0.29, 0.717) is 6.04 Å². The second kappa shape index (κ2) is 4.34. The summed E-state index contributed by atoms with van der Waals surface area (Å²) in [6.07, 6.45) is 6.15. The Hall–Kier alpha value is -1.89. The average Bonchev–Trinajstić information content (AvgIpc) is 3.17. The first-order valence-electron chi connectivity index (χ1n) is 6.80. The van der Waals surface area contributed by atoms with Gasteiger partial charge in [-0.2, -0.15) is 10.1 Å². The lowest BCUT2D eigenvalue weighted by Crippen LogP contribution is -2.40. The average molecular weight is 259 g/mol. The van der Waals surface area contributed by atoms with E-state index < -0.39 is 0 Å². The summed E-state index contributed by atoms with van der Waals surface area (Å²) in [6.45, 7) is 3.21. The molecule has 7 heteroatoms. The molecule has 2 aromatic rings. The summed E-state index contributed by atoms with van der Waals surface area (Å²) >= 11 is 0. The maximum atomic E-state index is 4.56. The monoisotopic (exact) mass is 259 g/mol. The lowest BCUT2D eigenvalue weighted by Gasteiger charge is -2.24. The normalized spacial score (nSPS) is 26.6. The van der Waals surface area contributed by atoms with Crippen LogP contribution in [0.4, 0.5) is 5.95 Å². The third kappa shape index (κ3) is 1.90. The van der Waals surface area contributed by atoms with Gasteiger partial charge in [0, 0.05) is 25.3 Å². The quantitative estimate of drug-likeness (QED) is 0.726. The molecule has 2 fully saturated rings. The molecule has 4 rings (SSSR count). The van der Waals surface area contributed by atoms with Crippen molar-refractivity contribution < 1.29 is 0 Å². The zero-order valence-corrected chi connectivity index (χ0v) is 10.6. The Morgan fingerprint density at radius 3 is 3.16 bits per heavy atom. The van der Waals surface area contributed by atoms with Crippen LogP contribution in [0.2, 0.25) is 0 Å². The fraction of sp³-hybridized carbons (Fsp3) is 0.583. The second-order valence-corrected chi connectivity index (χ2v) is 5.34. The van der Waals surface area contributed by atoms with Gasteiger partial charge >= 0.3 is 0 Å². The molecule has 2 atom stereocenters. The van der Waals surface area contributed by atoms with E-state index in [-0.39, 0.29) is 0 Å². The van der Waals surface area contributed by atoms with Gasteiger partial charge in [0.1, 0.15) is 0 Å². The summed E-state index contributed by atoms with van der Waals surface area (Å²) in [5.41, 5.74) is 0.938. The van der Waals surface area contributed by atoms with Gasteiger partial charge in [-0.05, 0) is 25.3 Å². The number of nitrogens with one attached hydrogen (secondary N) is 3. The SMILES string of the molecule is c1n[nH]cc1-c1nc(N2CC3CCCNC3C2)n[nH]1. The third-order valence-corrected chi connectivity index (χ3v) is 4.13. The number of H-pyrrole nitrogens is 2. The van der Waals surface area contributed by atoms with E-state index in [9.17, 15) is 0 Å². The van der Waals surface area contributed by atoms with Gasteiger partial charge in [-0.3, -0.25) is 10.2 Å². The van der Waals surface area contributed by atoms with Crippen LogP contribution < -0.4 is 10.2 Å². The lowest BCUT2D eigenvalue weighted by atomic mass is 9.94. The molecule has 0 aromatic carbocycles. The fourth-order valence-corrected chi connectivity index (χ4v) is 3.11. The van der Waals surface area contributed by atoms with Crippen molar-refractivity contribution in [1.29, 1.82) is 0 Å². The number of nitrogens with zero attached hydrogens (tertiary/aromatic N) is 4. The number of anilines is 1. The van der Waals surface area contributed by atoms with Crippen LogP contribution >= 0.6 is 0 Å². The summed E-state index contributed by atoms with van der Waals surface area (Å²) in [7, 11) is 0. The van der Waals surface area contributed by atoms with Crippen LogP contribution in [0.1, 0.15) is 12.8 Å². The van der Waals surface area contributed by atoms with Gasteiger partial charge in [0.05, 0.1) is 11.8 Å². The van der Waals surface area contributed by atoms with Gasteiger partial charge < -0.3 is 10.2 Å². The number of piperidine rings is 1. The smallest absolute Gasteiger partial charge is 0.245 e. The van der Waals surface area contributed by atoms with E-state index in [1.165, 1.54) is 12.8 Å². The Morgan fingerprint density at radius 1 is 1.32 bits per heavy atom. The van der Waals surface area contributed by atoms with E-state index in [0.717, 1.165) is 42.9 Å². The van der Waals surface area contributed by atoms with E-state index in [1.54, 1.807) is 6.20 Å². The Kier molecular flexibility index (Phi) is 2.51. The molecule has 2 aromatic heterocycles. The highest BCUT2D eigenvalue weighted by molar-refractivity contribution is 5.53. The summed E-state index contributed by atoms with van der Waals surface area (Å²) in [5, 5.41) is 17.6. The maximum absolute atomic E-state index is 4.56. The molecular weight excluding hydrogens is 242 g/mol. The molecule has 4 heterocycles. The highest BCUT2D eigenvalue weighted by Gasteiger charge is 2.35. The van der Waals surface area contributed by atoms with Crippen LogP contribution in [0, 0.1) is 5.92 Å². The summed E-state index contributed by atoms with van der Waals surface area (Å²) in [6, 6.07) is 0.602. The predicted molar refractivity (Wildman–Crippen MR) is 70.7 cm³/mol. The van der Waals surface area contributed by atoms with Crippen LogP contribution in [0.15, 0.2) is 12.4 Å². The molecule has 100 valence electrons. The number of fused-ring (bicyclic) bond motifs is 1. The minimum atomic E-state index is 0.602. The van der Waals surface area contributed by atoms with Crippen LogP contribution in [0.5, 0.6) is 0 Å². The molecule has 2 unspecified atom stereocenters. The molecule has 19 heavy (non-hydrogen) atoms. The molecule has 0 bridgehead atoms. The largest absolute Gasteiger partial charge is 0.338 e. The van der Waals surface area contributed by atoms with Gasteiger partial charge in [0.15, 0.2) is 5.82 Å². The van der Waals surface area contributed by atoms with Crippen molar-refractivity contribution in [1.82, 2.24) is 30.7 Å². The number of aromatic nitrogens is 5. The predicted octanol–water partition coefficient (Wildman–Crippen LogP) is 0.383. The highest BCUT2D eigenvalue weighted by atomic mass is 15.4. The number of aromatic amines is 2. The molecule has 3 N–H and O–H groups in total. The van der Waals surface area contributed by atoms with Gasteiger partial charge in [0.2, 0.25) is 5.95 Å². The zero-order valence-electron chi connectivity index (χ0n) is 10.6. The second-order valence-electron chi connectivity index (χ2n) is 5.34. The van der Waals surface area contributed by atoms with Crippen molar-refractivity contribution in [3.05, 3.63) is 12.4 Å². The van der Waals surface area contributed by atoms with Crippen LogP contribution in [0.25, 0.3) is 11.4 Å². The van der Waals surface area contributed by atoms with Crippen LogP contribution in [-0.2, 0) is 0 Å². The molecule has 0 radical (unpaired) electrons. The molecule has 0 amide bonds. The van der Waals surface area contributed by atoms with Crippen molar-refractivity contribution in [2.24, 2.45) is 5.92 Å². The Morgan fingerprint density at radius 2 is 2.32 bits per heavy atom. The molecule has 7 nitrogen and oxygen atoms in total. The van der Waals surface area contributed by atoms with Crippen molar-refractivity contribution in [2.75, 3.05) is 24.5 Å². The van der Waals surface area contributed by atoms with Crippen LogP contribution in [0.3, 0.4) is 0 Å². The van der Waals surface area contributed by atoms with Crippen molar-refractivity contribution in [3.63, 3.8) is 0 Å². The van der Waals surface area contributed by atoms with Crippen LogP contribution in [-0.4, -0.2) is 51.1 Å².